The largest absolute Gasteiger partial charge is 0.493 e. The van der Waals surface area contributed by atoms with E-state index in [4.69, 9.17) is 13.9 Å². The number of hydrogen-bond donors (Lipinski definition) is 1. The van der Waals surface area contributed by atoms with Crippen molar-refractivity contribution < 1.29 is 18.7 Å². The quantitative estimate of drug-likeness (QED) is 0.743. The van der Waals surface area contributed by atoms with Gasteiger partial charge in [0.2, 0.25) is 0 Å². The Morgan fingerprint density at radius 1 is 1.08 bits per heavy atom. The van der Waals surface area contributed by atoms with Crippen molar-refractivity contribution in [3.8, 4) is 11.5 Å². The van der Waals surface area contributed by atoms with Gasteiger partial charge in [-0.1, -0.05) is 24.3 Å². The molecule has 0 radical (unpaired) electrons. The van der Waals surface area contributed by atoms with E-state index in [9.17, 15) is 4.79 Å². The van der Waals surface area contributed by atoms with E-state index >= 15 is 0 Å². The van der Waals surface area contributed by atoms with Gasteiger partial charge in [-0.15, -0.1) is 0 Å². The Kier molecular flexibility index (Phi) is 4.93. The van der Waals surface area contributed by atoms with Gasteiger partial charge in [-0.05, 0) is 37.1 Å². The van der Waals surface area contributed by atoms with Gasteiger partial charge in [-0.25, -0.2) is 0 Å². The summed E-state index contributed by atoms with van der Waals surface area (Å²) >= 11 is 0. The minimum atomic E-state index is -0.200. The average molecular weight is 339 g/mol. The second-order valence-electron chi connectivity index (χ2n) is 5.75. The molecule has 0 unspecified atom stereocenters. The minimum absolute atomic E-state index is 0.200. The number of fused-ring (bicyclic) bond motifs is 1. The van der Waals surface area contributed by atoms with Crippen LogP contribution in [0.4, 0.5) is 0 Å². The van der Waals surface area contributed by atoms with Gasteiger partial charge in [0, 0.05) is 17.5 Å². The summed E-state index contributed by atoms with van der Waals surface area (Å²) in [5, 5.41) is 3.88. The molecule has 3 aromatic rings. The number of hydrogen-bond acceptors (Lipinski definition) is 4. The Hall–Kier alpha value is -2.95. The van der Waals surface area contributed by atoms with Gasteiger partial charge in [0.1, 0.15) is 5.58 Å². The predicted octanol–water partition coefficient (Wildman–Crippen LogP) is 3.73. The van der Waals surface area contributed by atoms with E-state index in [1.165, 1.54) is 0 Å². The van der Waals surface area contributed by atoms with E-state index < -0.39 is 0 Å². The number of rotatable bonds is 6. The van der Waals surface area contributed by atoms with Crippen molar-refractivity contribution in [2.75, 3.05) is 20.8 Å². The molecule has 0 aliphatic heterocycles. The summed E-state index contributed by atoms with van der Waals surface area (Å²) in [5.41, 5.74) is 2.64. The van der Waals surface area contributed by atoms with Gasteiger partial charge in [0.25, 0.3) is 5.91 Å². The zero-order chi connectivity index (χ0) is 17.8. The number of ether oxygens (including phenoxy) is 2. The van der Waals surface area contributed by atoms with Crippen LogP contribution in [0, 0.1) is 6.92 Å². The molecule has 3 rings (SSSR count). The number of furan rings is 1. The molecular formula is C20H21NO4. The minimum Gasteiger partial charge on any atom is -0.493 e. The number of para-hydroxylation sites is 1. The molecule has 2 aromatic carbocycles. The van der Waals surface area contributed by atoms with Crippen LogP contribution in [-0.4, -0.2) is 26.7 Å². The van der Waals surface area contributed by atoms with Gasteiger partial charge in [-0.2, -0.15) is 0 Å². The number of aryl methyl sites for hydroxylation is 1. The Bertz CT molecular complexity index is 898. The molecule has 5 heteroatoms. The zero-order valence-corrected chi connectivity index (χ0v) is 14.6. The lowest BCUT2D eigenvalue weighted by atomic mass is 10.1. The smallest absolute Gasteiger partial charge is 0.287 e. The molecule has 0 aliphatic carbocycles. The third kappa shape index (κ3) is 3.45. The first-order valence-corrected chi connectivity index (χ1v) is 8.11. The van der Waals surface area contributed by atoms with E-state index in [2.05, 4.69) is 5.32 Å². The van der Waals surface area contributed by atoms with E-state index in [1.54, 1.807) is 14.2 Å². The second-order valence-corrected chi connectivity index (χ2v) is 5.75. The lowest BCUT2D eigenvalue weighted by Crippen LogP contribution is -2.25. The Balaban J connectivity index is 1.65. The zero-order valence-electron chi connectivity index (χ0n) is 14.6. The molecule has 0 aliphatic rings. The van der Waals surface area contributed by atoms with Crippen molar-refractivity contribution in [2.24, 2.45) is 0 Å². The van der Waals surface area contributed by atoms with E-state index in [0.717, 1.165) is 22.1 Å². The number of methoxy groups -OCH3 is 2. The van der Waals surface area contributed by atoms with Crippen molar-refractivity contribution >= 4 is 16.9 Å². The summed E-state index contributed by atoms with van der Waals surface area (Å²) in [6.45, 7) is 2.40. The van der Waals surface area contributed by atoms with E-state index in [-0.39, 0.29) is 5.91 Å². The van der Waals surface area contributed by atoms with E-state index in [0.29, 0.717) is 30.2 Å². The number of carbonyl (C=O) groups is 1. The standard InChI is InChI=1S/C20H21NO4/c1-13-15-6-4-5-7-16(15)25-19(13)20(22)21-11-10-14-8-9-17(23-2)18(12-14)24-3/h4-9,12H,10-11H2,1-3H3,(H,21,22). The molecule has 1 amide bonds. The summed E-state index contributed by atoms with van der Waals surface area (Å²) in [5.74, 6) is 1.54. The third-order valence-electron chi connectivity index (χ3n) is 4.20. The van der Waals surface area contributed by atoms with E-state index in [1.807, 2.05) is 49.4 Å². The lowest BCUT2D eigenvalue weighted by Gasteiger charge is -2.10. The van der Waals surface area contributed by atoms with Gasteiger partial charge in [0.15, 0.2) is 17.3 Å². The molecule has 0 bridgehead atoms. The number of nitrogens with one attached hydrogen (secondary N) is 1. The molecule has 0 spiro atoms. The van der Waals surface area contributed by atoms with Gasteiger partial charge < -0.3 is 19.2 Å². The Labute approximate surface area is 146 Å². The maximum Gasteiger partial charge on any atom is 0.287 e. The SMILES string of the molecule is COc1ccc(CCNC(=O)c2oc3ccccc3c2C)cc1OC. The van der Waals surface area contributed by atoms with Crippen LogP contribution < -0.4 is 14.8 Å². The first-order valence-electron chi connectivity index (χ1n) is 8.11. The topological polar surface area (TPSA) is 60.7 Å². The highest BCUT2D eigenvalue weighted by atomic mass is 16.5. The van der Waals surface area contributed by atoms with Crippen molar-refractivity contribution in [1.82, 2.24) is 5.32 Å². The molecule has 130 valence electrons. The second kappa shape index (κ2) is 7.30. The van der Waals surface area contributed by atoms with Crippen LogP contribution in [-0.2, 0) is 6.42 Å². The van der Waals surface area contributed by atoms with Crippen molar-refractivity contribution in [2.45, 2.75) is 13.3 Å². The average Bonchev–Trinajstić information content (AvgIpc) is 2.98. The maximum atomic E-state index is 12.4. The number of benzene rings is 2. The van der Waals surface area contributed by atoms with Crippen molar-refractivity contribution in [3.05, 3.63) is 59.4 Å². The Morgan fingerprint density at radius 3 is 2.56 bits per heavy atom. The molecule has 1 aromatic heterocycles. The monoisotopic (exact) mass is 339 g/mol. The van der Waals surface area contributed by atoms with Crippen LogP contribution in [0.3, 0.4) is 0 Å². The summed E-state index contributed by atoms with van der Waals surface area (Å²) in [6.07, 6.45) is 0.686. The molecular weight excluding hydrogens is 318 g/mol. The summed E-state index contributed by atoms with van der Waals surface area (Å²) in [4.78, 5) is 12.4. The van der Waals surface area contributed by atoms with Crippen LogP contribution in [0.15, 0.2) is 46.9 Å². The molecule has 25 heavy (non-hydrogen) atoms. The lowest BCUT2D eigenvalue weighted by molar-refractivity contribution is 0.0928. The normalized spacial score (nSPS) is 10.7. The van der Waals surface area contributed by atoms with Gasteiger partial charge >= 0.3 is 0 Å². The first kappa shape index (κ1) is 16.9. The highest BCUT2D eigenvalue weighted by Crippen LogP contribution is 2.28. The molecule has 0 saturated carbocycles. The fraction of sp³-hybridized carbons (Fsp3) is 0.250. The van der Waals surface area contributed by atoms with Crippen LogP contribution in [0.2, 0.25) is 0 Å². The van der Waals surface area contributed by atoms with Gasteiger partial charge in [0.05, 0.1) is 14.2 Å². The highest BCUT2D eigenvalue weighted by Gasteiger charge is 2.16. The molecule has 1 heterocycles. The first-order chi connectivity index (χ1) is 12.1. The fourth-order valence-corrected chi connectivity index (χ4v) is 2.83. The molecule has 1 N–H and O–H groups in total. The maximum absolute atomic E-state index is 12.4. The molecule has 0 atom stereocenters. The van der Waals surface area contributed by atoms with Crippen LogP contribution in [0.1, 0.15) is 21.7 Å². The summed E-state index contributed by atoms with van der Waals surface area (Å²) in [7, 11) is 3.21. The summed E-state index contributed by atoms with van der Waals surface area (Å²) in [6, 6.07) is 13.4. The summed E-state index contributed by atoms with van der Waals surface area (Å²) < 4.78 is 16.2. The van der Waals surface area contributed by atoms with Crippen LogP contribution >= 0.6 is 0 Å². The van der Waals surface area contributed by atoms with Crippen molar-refractivity contribution in [1.29, 1.82) is 0 Å². The molecule has 0 saturated heterocycles. The van der Waals surface area contributed by atoms with Crippen LogP contribution in [0.5, 0.6) is 11.5 Å². The molecule has 5 nitrogen and oxygen atoms in total. The van der Waals surface area contributed by atoms with Gasteiger partial charge in [-0.3, -0.25) is 4.79 Å². The number of amides is 1. The Morgan fingerprint density at radius 2 is 1.84 bits per heavy atom. The third-order valence-corrected chi connectivity index (χ3v) is 4.20. The van der Waals surface area contributed by atoms with Crippen molar-refractivity contribution in [3.63, 3.8) is 0 Å². The van der Waals surface area contributed by atoms with Crippen LogP contribution in [0.25, 0.3) is 11.0 Å². The fourth-order valence-electron chi connectivity index (χ4n) is 2.83. The number of carbonyl (C=O) groups excluding carboxylic acids is 1. The molecule has 0 fully saturated rings. The predicted molar refractivity (Wildman–Crippen MR) is 96.5 cm³/mol. The highest BCUT2D eigenvalue weighted by molar-refractivity contribution is 5.98.